The number of rotatable bonds is 6. The fourth-order valence-corrected chi connectivity index (χ4v) is 4.12. The predicted molar refractivity (Wildman–Crippen MR) is 76.4 cm³/mol. The number of carboxylic acid groups (broad SMARTS) is 1. The van der Waals surface area contributed by atoms with E-state index in [1.165, 1.54) is 11.0 Å². The van der Waals surface area contributed by atoms with E-state index in [1.807, 2.05) is 23.5 Å². The number of carbonyl (C=O) groups is 2. The molecule has 5 nitrogen and oxygen atoms in total. The van der Waals surface area contributed by atoms with Crippen LogP contribution in [-0.2, 0) is 4.79 Å². The number of urea groups is 1. The van der Waals surface area contributed by atoms with Crippen LogP contribution in [0.2, 0.25) is 0 Å². The van der Waals surface area contributed by atoms with Gasteiger partial charge >= 0.3 is 12.0 Å². The van der Waals surface area contributed by atoms with E-state index in [0.717, 1.165) is 17.3 Å². The molecule has 1 fully saturated rings. The molecule has 102 valence electrons. The maximum atomic E-state index is 11.8. The normalized spacial score (nSPS) is 19.0. The van der Waals surface area contributed by atoms with Gasteiger partial charge in [0.1, 0.15) is 6.54 Å². The molecule has 0 radical (unpaired) electrons. The van der Waals surface area contributed by atoms with Crippen molar-refractivity contribution in [3.05, 3.63) is 12.7 Å². The maximum absolute atomic E-state index is 11.8. The molecule has 0 aromatic rings. The molecule has 1 unspecified atom stereocenters. The summed E-state index contributed by atoms with van der Waals surface area (Å²) in [5.74, 6) is 2.29. The third-order valence-electron chi connectivity index (χ3n) is 2.33. The zero-order valence-corrected chi connectivity index (χ0v) is 11.8. The van der Waals surface area contributed by atoms with Crippen LogP contribution in [0.4, 0.5) is 4.79 Å². The molecular formula is C11H18N2O3S2. The molecule has 1 saturated heterocycles. The first-order chi connectivity index (χ1) is 8.63. The molecule has 0 aliphatic carbocycles. The molecule has 1 atom stereocenters. The summed E-state index contributed by atoms with van der Waals surface area (Å²) in [6.07, 6.45) is 1.52. The molecule has 0 aromatic heterocycles. The SMILES string of the molecule is C=CCN(CC(=O)O)C(=O)NCC1CSCCS1. The Balaban J connectivity index is 2.35. The van der Waals surface area contributed by atoms with Gasteiger partial charge in [0.15, 0.2) is 0 Å². The van der Waals surface area contributed by atoms with Gasteiger partial charge in [0.25, 0.3) is 0 Å². The van der Waals surface area contributed by atoms with Gasteiger partial charge in [-0.2, -0.15) is 23.5 Å². The summed E-state index contributed by atoms with van der Waals surface area (Å²) in [5.41, 5.74) is 0. The van der Waals surface area contributed by atoms with E-state index in [0.29, 0.717) is 11.8 Å². The number of aliphatic carboxylic acids is 1. The van der Waals surface area contributed by atoms with Crippen LogP contribution in [-0.4, -0.2) is 64.1 Å². The molecule has 1 heterocycles. The summed E-state index contributed by atoms with van der Waals surface area (Å²) in [7, 11) is 0. The van der Waals surface area contributed by atoms with Crippen LogP contribution < -0.4 is 5.32 Å². The zero-order valence-electron chi connectivity index (χ0n) is 10.1. The van der Waals surface area contributed by atoms with Gasteiger partial charge < -0.3 is 15.3 Å². The number of hydrogen-bond donors (Lipinski definition) is 2. The Morgan fingerprint density at radius 2 is 2.28 bits per heavy atom. The van der Waals surface area contributed by atoms with Crippen LogP contribution in [0.5, 0.6) is 0 Å². The van der Waals surface area contributed by atoms with Crippen molar-refractivity contribution in [3.8, 4) is 0 Å². The van der Waals surface area contributed by atoms with Crippen molar-refractivity contribution in [2.45, 2.75) is 5.25 Å². The average Bonchev–Trinajstić information content (AvgIpc) is 2.36. The molecule has 0 spiro atoms. The summed E-state index contributed by atoms with van der Waals surface area (Å²) in [5, 5.41) is 11.9. The van der Waals surface area contributed by atoms with E-state index in [2.05, 4.69) is 11.9 Å². The maximum Gasteiger partial charge on any atom is 0.323 e. The molecule has 2 N–H and O–H groups in total. The van der Waals surface area contributed by atoms with Crippen molar-refractivity contribution in [1.82, 2.24) is 10.2 Å². The Morgan fingerprint density at radius 3 is 2.83 bits per heavy atom. The lowest BCUT2D eigenvalue weighted by atomic mass is 10.4. The quantitative estimate of drug-likeness (QED) is 0.717. The highest BCUT2D eigenvalue weighted by Gasteiger charge is 2.18. The number of thioether (sulfide) groups is 2. The molecular weight excluding hydrogens is 272 g/mol. The summed E-state index contributed by atoms with van der Waals surface area (Å²) >= 11 is 3.74. The summed E-state index contributed by atoms with van der Waals surface area (Å²) < 4.78 is 0. The minimum absolute atomic E-state index is 0.241. The van der Waals surface area contributed by atoms with E-state index in [9.17, 15) is 9.59 Å². The highest BCUT2D eigenvalue weighted by Crippen LogP contribution is 2.23. The van der Waals surface area contributed by atoms with Crippen LogP contribution >= 0.6 is 23.5 Å². The fourth-order valence-electron chi connectivity index (χ4n) is 1.51. The van der Waals surface area contributed by atoms with E-state index < -0.39 is 5.97 Å². The molecule has 0 saturated carbocycles. The number of nitrogens with zero attached hydrogens (tertiary/aromatic N) is 1. The van der Waals surface area contributed by atoms with E-state index in [4.69, 9.17) is 5.11 Å². The minimum Gasteiger partial charge on any atom is -0.480 e. The van der Waals surface area contributed by atoms with Crippen molar-refractivity contribution >= 4 is 35.5 Å². The van der Waals surface area contributed by atoms with E-state index >= 15 is 0 Å². The number of amides is 2. The summed E-state index contributed by atoms with van der Waals surface area (Å²) in [6.45, 7) is 4.04. The van der Waals surface area contributed by atoms with Gasteiger partial charge in [-0.05, 0) is 0 Å². The first-order valence-electron chi connectivity index (χ1n) is 5.68. The zero-order chi connectivity index (χ0) is 13.4. The van der Waals surface area contributed by atoms with Gasteiger partial charge in [-0.3, -0.25) is 4.79 Å². The van der Waals surface area contributed by atoms with Gasteiger partial charge in [-0.25, -0.2) is 4.79 Å². The molecule has 1 aliphatic heterocycles. The Labute approximate surface area is 115 Å². The lowest BCUT2D eigenvalue weighted by Gasteiger charge is -2.24. The second kappa shape index (κ2) is 8.31. The van der Waals surface area contributed by atoms with Crippen LogP contribution in [0.15, 0.2) is 12.7 Å². The molecule has 1 aliphatic rings. The van der Waals surface area contributed by atoms with Crippen LogP contribution in [0.25, 0.3) is 0 Å². The molecule has 7 heteroatoms. The highest BCUT2D eigenvalue weighted by atomic mass is 32.2. The Bertz CT molecular complexity index is 307. The second-order valence-corrected chi connectivity index (χ2v) is 6.37. The Hall–Kier alpha value is -0.820. The topological polar surface area (TPSA) is 69.6 Å². The number of carbonyl (C=O) groups excluding carboxylic acids is 1. The smallest absolute Gasteiger partial charge is 0.323 e. The Morgan fingerprint density at radius 1 is 1.50 bits per heavy atom. The fraction of sp³-hybridized carbons (Fsp3) is 0.636. The predicted octanol–water partition coefficient (Wildman–Crippen LogP) is 1.12. The molecule has 0 bridgehead atoms. The first-order valence-corrected chi connectivity index (χ1v) is 7.88. The minimum atomic E-state index is -1.02. The lowest BCUT2D eigenvalue weighted by Crippen LogP contribution is -2.45. The van der Waals surface area contributed by atoms with E-state index in [1.54, 1.807) is 0 Å². The third kappa shape index (κ3) is 5.68. The van der Waals surface area contributed by atoms with Crippen LogP contribution in [0.3, 0.4) is 0 Å². The standard InChI is InChI=1S/C11H18N2O3S2/c1-2-3-13(7-10(14)15)11(16)12-6-9-8-17-4-5-18-9/h2,9H,1,3-8H2,(H,12,16)(H,14,15). The van der Waals surface area contributed by atoms with Crippen molar-refractivity contribution in [2.24, 2.45) is 0 Å². The monoisotopic (exact) mass is 290 g/mol. The van der Waals surface area contributed by atoms with E-state index in [-0.39, 0.29) is 19.1 Å². The van der Waals surface area contributed by atoms with Crippen LogP contribution in [0.1, 0.15) is 0 Å². The summed E-state index contributed by atoms with van der Waals surface area (Å²) in [6, 6.07) is -0.339. The van der Waals surface area contributed by atoms with Gasteiger partial charge in [-0.15, -0.1) is 6.58 Å². The van der Waals surface area contributed by atoms with Gasteiger partial charge in [0.05, 0.1) is 0 Å². The first kappa shape index (κ1) is 15.2. The van der Waals surface area contributed by atoms with Gasteiger partial charge in [-0.1, -0.05) is 6.08 Å². The van der Waals surface area contributed by atoms with Crippen LogP contribution in [0, 0.1) is 0 Å². The number of hydrogen-bond acceptors (Lipinski definition) is 4. The van der Waals surface area contributed by atoms with Crippen molar-refractivity contribution in [2.75, 3.05) is 36.9 Å². The second-order valence-electron chi connectivity index (χ2n) is 3.82. The lowest BCUT2D eigenvalue weighted by molar-refractivity contribution is -0.137. The van der Waals surface area contributed by atoms with Gasteiger partial charge in [0.2, 0.25) is 0 Å². The molecule has 2 amide bonds. The van der Waals surface area contributed by atoms with Crippen molar-refractivity contribution in [1.29, 1.82) is 0 Å². The molecule has 0 aromatic carbocycles. The molecule has 1 rings (SSSR count). The molecule has 18 heavy (non-hydrogen) atoms. The third-order valence-corrected chi connectivity index (χ3v) is 5.17. The summed E-state index contributed by atoms with van der Waals surface area (Å²) in [4.78, 5) is 23.7. The largest absolute Gasteiger partial charge is 0.480 e. The average molecular weight is 290 g/mol. The van der Waals surface area contributed by atoms with Crippen molar-refractivity contribution in [3.63, 3.8) is 0 Å². The highest BCUT2D eigenvalue weighted by molar-refractivity contribution is 8.06. The number of carboxylic acids is 1. The number of nitrogens with one attached hydrogen (secondary N) is 1. The van der Waals surface area contributed by atoms with Gasteiger partial charge in [0, 0.05) is 35.6 Å². The van der Waals surface area contributed by atoms with Crippen molar-refractivity contribution < 1.29 is 14.7 Å². The Kier molecular flexibility index (Phi) is 7.04.